The second kappa shape index (κ2) is 5.36. The van der Waals surface area contributed by atoms with Gasteiger partial charge in [-0.05, 0) is 25.0 Å². The van der Waals surface area contributed by atoms with Crippen LogP contribution in [0, 0.1) is 5.82 Å². The first-order valence-electron chi connectivity index (χ1n) is 6.15. The molecule has 1 aromatic carbocycles. The third-order valence-electron chi connectivity index (χ3n) is 3.43. The minimum absolute atomic E-state index is 0.0570. The number of benzene rings is 1. The monoisotopic (exact) mass is 238 g/mol. The minimum atomic E-state index is -0.386. The molecular formula is C13H19FN2O. The number of halogens is 1. The molecule has 0 bridgehead atoms. The van der Waals surface area contributed by atoms with E-state index in [0.717, 1.165) is 32.2 Å². The molecule has 3 N–H and O–H groups in total. The van der Waals surface area contributed by atoms with E-state index in [-0.39, 0.29) is 24.2 Å². The number of nitrogens with two attached hydrogens (primary N) is 1. The zero-order chi connectivity index (χ0) is 12.3. The van der Waals surface area contributed by atoms with Gasteiger partial charge in [0, 0.05) is 6.54 Å². The highest BCUT2D eigenvalue weighted by Crippen LogP contribution is 2.30. The van der Waals surface area contributed by atoms with Gasteiger partial charge in [0.25, 0.3) is 0 Å². The molecule has 1 unspecified atom stereocenters. The van der Waals surface area contributed by atoms with Crippen LogP contribution in [0.2, 0.25) is 0 Å². The van der Waals surface area contributed by atoms with Crippen molar-refractivity contribution in [2.45, 2.75) is 31.7 Å². The van der Waals surface area contributed by atoms with Gasteiger partial charge in [-0.25, -0.2) is 4.39 Å². The molecule has 1 saturated heterocycles. The van der Waals surface area contributed by atoms with Gasteiger partial charge < -0.3 is 15.7 Å². The van der Waals surface area contributed by atoms with Crippen LogP contribution in [0.4, 0.5) is 15.8 Å². The number of nitrogen functional groups attached to an aromatic ring is 1. The van der Waals surface area contributed by atoms with Crippen LogP contribution >= 0.6 is 0 Å². The van der Waals surface area contributed by atoms with Gasteiger partial charge in [0.15, 0.2) is 0 Å². The molecule has 94 valence electrons. The number of hydrogen-bond donors (Lipinski definition) is 2. The minimum Gasteiger partial charge on any atom is -0.395 e. The van der Waals surface area contributed by atoms with E-state index in [1.165, 1.54) is 6.07 Å². The van der Waals surface area contributed by atoms with Crippen molar-refractivity contribution in [3.05, 3.63) is 24.0 Å². The number of nitrogens with zero attached hydrogens (tertiary/aromatic N) is 1. The molecule has 2 rings (SSSR count). The standard InChI is InChI=1S/C13H19FN2O/c14-11-6-4-7-12(13(11)15)16-8-3-1-2-5-10(16)9-17/h4,6-7,10,17H,1-3,5,8-9,15H2. The Morgan fingerprint density at radius 2 is 2.18 bits per heavy atom. The molecule has 4 heteroatoms. The summed E-state index contributed by atoms with van der Waals surface area (Å²) in [6.45, 7) is 0.925. The van der Waals surface area contributed by atoms with Crippen molar-refractivity contribution >= 4 is 11.4 Å². The third-order valence-corrected chi connectivity index (χ3v) is 3.43. The van der Waals surface area contributed by atoms with Gasteiger partial charge in [0.2, 0.25) is 0 Å². The van der Waals surface area contributed by atoms with E-state index in [9.17, 15) is 9.50 Å². The van der Waals surface area contributed by atoms with Crippen LogP contribution in [0.5, 0.6) is 0 Å². The Labute approximate surface area is 101 Å². The van der Waals surface area contributed by atoms with E-state index in [1.807, 2.05) is 11.0 Å². The lowest BCUT2D eigenvalue weighted by molar-refractivity contribution is 0.255. The van der Waals surface area contributed by atoms with Gasteiger partial charge >= 0.3 is 0 Å². The van der Waals surface area contributed by atoms with Crippen molar-refractivity contribution in [2.75, 3.05) is 23.8 Å². The van der Waals surface area contributed by atoms with Crippen molar-refractivity contribution < 1.29 is 9.50 Å². The van der Waals surface area contributed by atoms with Gasteiger partial charge in [0.1, 0.15) is 5.82 Å². The number of para-hydroxylation sites is 1. The van der Waals surface area contributed by atoms with Crippen molar-refractivity contribution in [1.82, 2.24) is 0 Å². The van der Waals surface area contributed by atoms with E-state index >= 15 is 0 Å². The summed E-state index contributed by atoms with van der Waals surface area (Å²) < 4.78 is 13.5. The SMILES string of the molecule is Nc1c(F)cccc1N1CCCCCC1CO. The molecular weight excluding hydrogens is 219 g/mol. The molecule has 1 aliphatic rings. The Balaban J connectivity index is 2.31. The molecule has 1 fully saturated rings. The van der Waals surface area contributed by atoms with E-state index in [1.54, 1.807) is 6.07 Å². The fraction of sp³-hybridized carbons (Fsp3) is 0.538. The second-order valence-corrected chi connectivity index (χ2v) is 4.55. The summed E-state index contributed by atoms with van der Waals surface area (Å²) in [5.41, 5.74) is 6.68. The molecule has 17 heavy (non-hydrogen) atoms. The first-order valence-corrected chi connectivity index (χ1v) is 6.15. The number of anilines is 2. The van der Waals surface area contributed by atoms with Gasteiger partial charge in [-0.1, -0.05) is 18.9 Å². The zero-order valence-electron chi connectivity index (χ0n) is 9.90. The number of aliphatic hydroxyl groups is 1. The third kappa shape index (κ3) is 2.52. The first kappa shape index (κ1) is 12.2. The van der Waals surface area contributed by atoms with E-state index in [0.29, 0.717) is 5.69 Å². The van der Waals surface area contributed by atoms with Crippen LogP contribution < -0.4 is 10.6 Å². The quantitative estimate of drug-likeness (QED) is 0.776. The second-order valence-electron chi connectivity index (χ2n) is 4.55. The summed E-state index contributed by atoms with van der Waals surface area (Å²) in [5.74, 6) is -0.386. The molecule has 1 aromatic rings. The fourth-order valence-corrected chi connectivity index (χ4v) is 2.46. The highest BCUT2D eigenvalue weighted by Gasteiger charge is 2.22. The highest BCUT2D eigenvalue weighted by molar-refractivity contribution is 5.68. The average Bonchev–Trinajstić information content (AvgIpc) is 2.57. The topological polar surface area (TPSA) is 49.5 Å². The Hall–Kier alpha value is -1.29. The summed E-state index contributed by atoms with van der Waals surface area (Å²) in [6.07, 6.45) is 4.26. The van der Waals surface area contributed by atoms with Crippen molar-refractivity contribution in [3.63, 3.8) is 0 Å². The lowest BCUT2D eigenvalue weighted by Gasteiger charge is -2.31. The molecule has 1 aliphatic heterocycles. The van der Waals surface area contributed by atoms with Crippen LogP contribution in [0.25, 0.3) is 0 Å². The smallest absolute Gasteiger partial charge is 0.148 e. The lowest BCUT2D eigenvalue weighted by Crippen LogP contribution is -2.38. The Morgan fingerprint density at radius 3 is 2.94 bits per heavy atom. The average molecular weight is 238 g/mol. The Kier molecular flexibility index (Phi) is 3.84. The first-order chi connectivity index (χ1) is 8.24. The van der Waals surface area contributed by atoms with Crippen LogP contribution in [-0.2, 0) is 0 Å². The summed E-state index contributed by atoms with van der Waals surface area (Å²) >= 11 is 0. The van der Waals surface area contributed by atoms with Gasteiger partial charge in [-0.2, -0.15) is 0 Å². The predicted octanol–water partition coefficient (Wildman–Crippen LogP) is 2.15. The van der Waals surface area contributed by atoms with Gasteiger partial charge in [0.05, 0.1) is 24.0 Å². The lowest BCUT2D eigenvalue weighted by atomic mass is 10.1. The molecule has 0 radical (unpaired) electrons. The highest BCUT2D eigenvalue weighted by atomic mass is 19.1. The molecule has 0 spiro atoms. The predicted molar refractivity (Wildman–Crippen MR) is 67.5 cm³/mol. The fourth-order valence-electron chi connectivity index (χ4n) is 2.46. The van der Waals surface area contributed by atoms with Crippen LogP contribution in [-0.4, -0.2) is 24.3 Å². The number of hydrogen-bond acceptors (Lipinski definition) is 3. The molecule has 0 saturated carbocycles. The Bertz CT molecular complexity index is 384. The van der Waals surface area contributed by atoms with E-state index in [2.05, 4.69) is 0 Å². The normalized spacial score (nSPS) is 21.3. The van der Waals surface area contributed by atoms with Gasteiger partial charge in [-0.15, -0.1) is 0 Å². The zero-order valence-corrected chi connectivity index (χ0v) is 9.90. The number of rotatable bonds is 2. The molecule has 1 heterocycles. The summed E-state index contributed by atoms with van der Waals surface area (Å²) in [5, 5.41) is 9.43. The van der Waals surface area contributed by atoms with Crippen molar-refractivity contribution in [2.24, 2.45) is 0 Å². The molecule has 3 nitrogen and oxygen atoms in total. The molecule has 0 aliphatic carbocycles. The van der Waals surface area contributed by atoms with Crippen molar-refractivity contribution in [1.29, 1.82) is 0 Å². The van der Waals surface area contributed by atoms with E-state index < -0.39 is 0 Å². The van der Waals surface area contributed by atoms with E-state index in [4.69, 9.17) is 5.73 Å². The van der Waals surface area contributed by atoms with Crippen LogP contribution in [0.3, 0.4) is 0 Å². The summed E-state index contributed by atoms with van der Waals surface area (Å²) in [7, 11) is 0. The van der Waals surface area contributed by atoms with Gasteiger partial charge in [-0.3, -0.25) is 0 Å². The molecule has 0 amide bonds. The summed E-state index contributed by atoms with van der Waals surface area (Å²) in [4.78, 5) is 2.05. The summed E-state index contributed by atoms with van der Waals surface area (Å²) in [6, 6.07) is 4.92. The Morgan fingerprint density at radius 1 is 1.35 bits per heavy atom. The van der Waals surface area contributed by atoms with Crippen LogP contribution in [0.1, 0.15) is 25.7 Å². The van der Waals surface area contributed by atoms with Crippen molar-refractivity contribution in [3.8, 4) is 0 Å². The maximum Gasteiger partial charge on any atom is 0.148 e. The number of aliphatic hydroxyl groups excluding tert-OH is 1. The van der Waals surface area contributed by atoms with Crippen LogP contribution in [0.15, 0.2) is 18.2 Å². The molecule has 1 atom stereocenters. The maximum atomic E-state index is 13.5. The molecule has 0 aromatic heterocycles. The largest absolute Gasteiger partial charge is 0.395 e. The maximum absolute atomic E-state index is 13.5.